The highest BCUT2D eigenvalue weighted by molar-refractivity contribution is 6.03. The number of likely N-dealkylation sites (N-methyl/N-ethyl adjacent to an activating group) is 1. The van der Waals surface area contributed by atoms with Gasteiger partial charge in [-0.15, -0.1) is 0 Å². The zero-order valence-corrected chi connectivity index (χ0v) is 22.1. The molecule has 2 unspecified atom stereocenters. The molecule has 7 heteroatoms. The molecule has 3 atom stereocenters. The van der Waals surface area contributed by atoms with Gasteiger partial charge in [0.15, 0.2) is 5.76 Å². The number of hydrogen-bond donors (Lipinski definition) is 3. The van der Waals surface area contributed by atoms with Crippen LogP contribution in [0.2, 0.25) is 0 Å². The predicted octanol–water partition coefficient (Wildman–Crippen LogP) is 4.59. The van der Waals surface area contributed by atoms with Crippen LogP contribution in [-0.4, -0.2) is 54.2 Å². The minimum absolute atomic E-state index is 0.00629. The number of aliphatic carboxylic acids is 1. The fourth-order valence-corrected chi connectivity index (χ4v) is 5.48. The Kier molecular flexibility index (Phi) is 7.49. The zero-order valence-electron chi connectivity index (χ0n) is 22.1. The van der Waals surface area contributed by atoms with Gasteiger partial charge in [0.25, 0.3) is 5.91 Å². The third kappa shape index (κ3) is 5.44. The van der Waals surface area contributed by atoms with Crippen molar-refractivity contribution >= 4 is 17.6 Å². The molecule has 0 bridgehead atoms. The number of anilines is 1. The van der Waals surface area contributed by atoms with E-state index in [4.69, 9.17) is 4.74 Å². The van der Waals surface area contributed by atoms with Gasteiger partial charge < -0.3 is 25.4 Å². The first-order valence-corrected chi connectivity index (χ1v) is 13.2. The first-order valence-electron chi connectivity index (χ1n) is 13.2. The number of carbonyl (C=O) groups is 2. The molecule has 2 aromatic rings. The highest BCUT2D eigenvalue weighted by Gasteiger charge is 2.42. The largest absolute Gasteiger partial charge is 0.480 e. The van der Waals surface area contributed by atoms with Crippen molar-refractivity contribution in [1.82, 2.24) is 10.2 Å². The number of likely N-dealkylation sites (tertiary alicyclic amines) is 1. The van der Waals surface area contributed by atoms with E-state index in [2.05, 4.69) is 28.7 Å². The van der Waals surface area contributed by atoms with Crippen molar-refractivity contribution in [2.45, 2.75) is 39.0 Å². The van der Waals surface area contributed by atoms with E-state index in [1.165, 1.54) is 5.57 Å². The lowest BCUT2D eigenvalue weighted by Crippen LogP contribution is -2.40. The number of hydrogen-bond acceptors (Lipinski definition) is 5. The fourth-order valence-electron chi connectivity index (χ4n) is 5.48. The van der Waals surface area contributed by atoms with Crippen molar-refractivity contribution in [2.75, 3.05) is 25.5 Å². The van der Waals surface area contributed by atoms with Crippen LogP contribution in [0.3, 0.4) is 0 Å². The monoisotopic (exact) mass is 513 g/mol. The molecule has 0 radical (unpaired) electrons. The van der Waals surface area contributed by atoms with E-state index in [1.807, 2.05) is 74.5 Å². The second-order valence-electron chi connectivity index (χ2n) is 10.7. The first kappa shape index (κ1) is 25.9. The van der Waals surface area contributed by atoms with Crippen molar-refractivity contribution in [3.8, 4) is 11.1 Å². The summed E-state index contributed by atoms with van der Waals surface area (Å²) >= 11 is 0. The number of rotatable bonds is 8. The Labute approximate surface area is 223 Å². The molecule has 3 N–H and O–H groups in total. The molecule has 0 saturated carbocycles. The van der Waals surface area contributed by atoms with Crippen molar-refractivity contribution in [3.63, 3.8) is 0 Å². The molecular formula is C31H35N3O4. The molecule has 38 heavy (non-hydrogen) atoms. The Morgan fingerprint density at radius 3 is 2.42 bits per heavy atom. The lowest BCUT2D eigenvalue weighted by Gasteiger charge is -2.22. The molecule has 0 aromatic heterocycles. The lowest BCUT2D eigenvalue weighted by molar-refractivity contribution is -0.140. The Hall–Kier alpha value is -3.68. The third-order valence-corrected chi connectivity index (χ3v) is 7.58. The SMILES string of the molecule is CC(C)[C@H](NCc1ccc(-c2ccc(NC(=O)C3=C4CN(C)CCC5=CC=CC(O3)C54)cc2)cc1)C(=O)O. The Balaban J connectivity index is 1.24. The Morgan fingerprint density at radius 1 is 1.08 bits per heavy atom. The van der Waals surface area contributed by atoms with Gasteiger partial charge >= 0.3 is 5.97 Å². The van der Waals surface area contributed by atoms with Gasteiger partial charge in [-0.05, 0) is 54.3 Å². The number of nitrogens with one attached hydrogen (secondary N) is 2. The van der Waals surface area contributed by atoms with Gasteiger partial charge in [0.1, 0.15) is 12.1 Å². The van der Waals surface area contributed by atoms with Crippen molar-refractivity contribution in [1.29, 1.82) is 0 Å². The molecule has 2 heterocycles. The normalized spacial score (nSPS) is 21.4. The van der Waals surface area contributed by atoms with Crippen LogP contribution in [0.25, 0.3) is 11.1 Å². The average Bonchev–Trinajstić information content (AvgIpc) is 3.17. The minimum Gasteiger partial charge on any atom is -0.480 e. The van der Waals surface area contributed by atoms with E-state index in [1.54, 1.807) is 0 Å². The smallest absolute Gasteiger partial charge is 0.320 e. The molecule has 5 rings (SSSR count). The van der Waals surface area contributed by atoms with Crippen molar-refractivity contribution in [3.05, 3.63) is 89.2 Å². The first-order chi connectivity index (χ1) is 18.3. The van der Waals surface area contributed by atoms with Crippen molar-refractivity contribution < 1.29 is 19.4 Å². The van der Waals surface area contributed by atoms with Gasteiger partial charge in [0.2, 0.25) is 0 Å². The van der Waals surface area contributed by atoms with E-state index in [0.717, 1.165) is 41.8 Å². The average molecular weight is 514 g/mol. The second-order valence-corrected chi connectivity index (χ2v) is 10.7. The summed E-state index contributed by atoms with van der Waals surface area (Å²) in [4.78, 5) is 26.9. The third-order valence-electron chi connectivity index (χ3n) is 7.58. The molecule has 1 aliphatic carbocycles. The van der Waals surface area contributed by atoms with Crippen molar-refractivity contribution in [2.24, 2.45) is 11.8 Å². The number of carboxylic acid groups (broad SMARTS) is 1. The van der Waals surface area contributed by atoms with Gasteiger partial charge in [-0.25, -0.2) is 0 Å². The van der Waals surface area contributed by atoms with E-state index >= 15 is 0 Å². The summed E-state index contributed by atoms with van der Waals surface area (Å²) < 4.78 is 6.16. The predicted molar refractivity (Wildman–Crippen MR) is 148 cm³/mol. The van der Waals surface area contributed by atoms with E-state index in [0.29, 0.717) is 18.0 Å². The minimum atomic E-state index is -0.835. The van der Waals surface area contributed by atoms with Crippen LogP contribution in [0.5, 0.6) is 0 Å². The summed E-state index contributed by atoms with van der Waals surface area (Å²) in [5.41, 5.74) is 6.22. The molecule has 2 aromatic carbocycles. The number of carbonyl (C=O) groups excluding carboxylic acids is 1. The maximum absolute atomic E-state index is 13.3. The Bertz CT molecular complexity index is 1290. The van der Waals surface area contributed by atoms with Gasteiger partial charge in [-0.3, -0.25) is 9.59 Å². The van der Waals surface area contributed by atoms with Crippen LogP contribution < -0.4 is 10.6 Å². The fraction of sp³-hybridized carbons (Fsp3) is 0.355. The van der Waals surface area contributed by atoms with Gasteiger partial charge in [0, 0.05) is 36.8 Å². The van der Waals surface area contributed by atoms with Crippen LogP contribution >= 0.6 is 0 Å². The highest BCUT2D eigenvalue weighted by Crippen LogP contribution is 2.42. The molecule has 0 spiro atoms. The molecule has 1 fully saturated rings. The summed E-state index contributed by atoms with van der Waals surface area (Å²) in [6.07, 6.45) is 7.15. The quantitative estimate of drug-likeness (QED) is 0.478. The highest BCUT2D eigenvalue weighted by atomic mass is 16.5. The summed E-state index contributed by atoms with van der Waals surface area (Å²) in [5.74, 6) is -0.428. The zero-order chi connectivity index (χ0) is 26.8. The summed E-state index contributed by atoms with van der Waals surface area (Å²) in [7, 11) is 2.08. The summed E-state index contributed by atoms with van der Waals surface area (Å²) in [5, 5.41) is 15.5. The molecule has 1 amide bonds. The molecule has 3 aliphatic rings. The summed E-state index contributed by atoms with van der Waals surface area (Å²) in [6, 6.07) is 15.3. The number of amides is 1. The van der Waals surface area contributed by atoms with Crippen LogP contribution in [0, 0.1) is 11.8 Å². The van der Waals surface area contributed by atoms with Crippen LogP contribution in [0.15, 0.2) is 83.7 Å². The number of carboxylic acids is 1. The molecule has 2 aliphatic heterocycles. The molecule has 7 nitrogen and oxygen atoms in total. The van der Waals surface area contributed by atoms with E-state index < -0.39 is 12.0 Å². The summed E-state index contributed by atoms with van der Waals surface area (Å²) in [6.45, 7) is 5.98. The van der Waals surface area contributed by atoms with Crippen LogP contribution in [0.4, 0.5) is 5.69 Å². The number of benzene rings is 2. The van der Waals surface area contributed by atoms with Crippen LogP contribution in [-0.2, 0) is 20.9 Å². The molecule has 1 saturated heterocycles. The van der Waals surface area contributed by atoms with E-state index in [-0.39, 0.29) is 23.8 Å². The lowest BCUT2D eigenvalue weighted by atomic mass is 9.83. The number of allylic oxidation sites excluding steroid dienone is 2. The maximum Gasteiger partial charge on any atom is 0.320 e. The van der Waals surface area contributed by atoms with Gasteiger partial charge in [0.05, 0.1) is 0 Å². The van der Waals surface area contributed by atoms with Crippen LogP contribution in [0.1, 0.15) is 25.8 Å². The maximum atomic E-state index is 13.3. The Morgan fingerprint density at radius 2 is 1.76 bits per heavy atom. The second kappa shape index (κ2) is 11.0. The number of nitrogens with zero attached hydrogens (tertiary/aromatic N) is 1. The molecule has 198 valence electrons. The molecular weight excluding hydrogens is 478 g/mol. The van der Waals surface area contributed by atoms with E-state index in [9.17, 15) is 14.7 Å². The standard InChI is InChI=1S/C31H35N3O4/c1-19(2)28(31(36)37)32-17-20-7-9-21(10-8-20)22-11-13-24(14-12-22)33-30(35)29-25-18-34(3)16-15-23-5-4-6-26(38-29)27(23)25/h4-14,19,26-28,32H,15-18H2,1-3H3,(H,33,35)(H,36,37)/t26?,27?,28-/m0/s1. The van der Waals surface area contributed by atoms with Gasteiger partial charge in [-0.1, -0.05) is 68.0 Å². The topological polar surface area (TPSA) is 90.9 Å². The van der Waals surface area contributed by atoms with Gasteiger partial charge in [-0.2, -0.15) is 0 Å². The number of ether oxygens (including phenoxy) is 1.